The summed E-state index contributed by atoms with van der Waals surface area (Å²) >= 11 is 0. The Morgan fingerprint density at radius 1 is 1.09 bits per heavy atom. The molecule has 2 aromatic rings. The van der Waals surface area contributed by atoms with Crippen LogP contribution in [0.5, 0.6) is 0 Å². The number of amides is 1. The van der Waals surface area contributed by atoms with Crippen molar-refractivity contribution >= 4 is 6.09 Å². The van der Waals surface area contributed by atoms with Crippen molar-refractivity contribution in [1.29, 1.82) is 5.26 Å². The second-order valence-electron chi connectivity index (χ2n) is 15.8. The van der Waals surface area contributed by atoms with E-state index in [0.717, 1.165) is 89.4 Å². The van der Waals surface area contributed by atoms with Crippen molar-refractivity contribution in [3.63, 3.8) is 0 Å². The number of benzene rings is 2. The van der Waals surface area contributed by atoms with Gasteiger partial charge >= 0.3 is 6.09 Å². The van der Waals surface area contributed by atoms with Gasteiger partial charge in [-0.3, -0.25) is 0 Å². The Morgan fingerprint density at radius 2 is 1.81 bits per heavy atom. The number of carbonyl (C=O) groups is 1. The van der Waals surface area contributed by atoms with E-state index in [0.29, 0.717) is 17.4 Å². The fraction of sp³-hybridized carbons (Fsp3) is 0.532. The Balaban J connectivity index is 1.62. The Bertz CT molecular complexity index is 1670. The molecule has 1 heterocycles. The molecule has 0 aromatic heterocycles. The molecule has 1 aliphatic carbocycles. The van der Waals surface area contributed by atoms with E-state index in [1.54, 1.807) is 19.2 Å². The lowest BCUT2D eigenvalue weighted by atomic mass is 9.57. The van der Waals surface area contributed by atoms with Gasteiger partial charge in [-0.1, -0.05) is 80.0 Å². The Hall–Kier alpha value is -3.95. The molecule has 5 nitrogen and oxygen atoms in total. The number of hydrogen-bond donors (Lipinski definition) is 1. The molecule has 1 aliphatic heterocycles. The SMILES string of the molecule is C=C(Cc1ccc(C#N)cc1)CC(CC)CN1CCC(C(C\C=C(C)/C=C(C)\C(C)=C(/C)CC)(c2cccc(F)c2)[C@H]2CCC[C@@H]2OC(=O)NC)CC1. The van der Waals surface area contributed by atoms with Gasteiger partial charge < -0.3 is 15.0 Å². The number of halogens is 1. The Labute approximate surface area is 320 Å². The minimum Gasteiger partial charge on any atom is -0.446 e. The minimum atomic E-state index is -0.393. The number of rotatable bonds is 16. The van der Waals surface area contributed by atoms with Crippen LogP contribution in [0.1, 0.15) is 116 Å². The lowest BCUT2D eigenvalue weighted by molar-refractivity contribution is 0.0110. The topological polar surface area (TPSA) is 65.4 Å². The van der Waals surface area contributed by atoms with Crippen LogP contribution in [-0.4, -0.2) is 43.8 Å². The van der Waals surface area contributed by atoms with E-state index in [1.807, 2.05) is 30.3 Å². The van der Waals surface area contributed by atoms with Gasteiger partial charge in [0.05, 0.1) is 11.6 Å². The number of alkyl carbamates (subject to hydrolysis) is 1. The molecule has 6 heteroatoms. The van der Waals surface area contributed by atoms with Crippen molar-refractivity contribution in [3.05, 3.63) is 118 Å². The number of carbonyl (C=O) groups excluding carboxylic acids is 1. The summed E-state index contributed by atoms with van der Waals surface area (Å²) in [5, 5.41) is 11.8. The summed E-state index contributed by atoms with van der Waals surface area (Å²) in [6.07, 6.45) is 13.5. The van der Waals surface area contributed by atoms with Crippen LogP contribution in [0.25, 0.3) is 0 Å². The molecule has 1 saturated carbocycles. The van der Waals surface area contributed by atoms with Gasteiger partial charge in [0, 0.05) is 24.9 Å². The first kappa shape index (κ1) is 41.8. The first-order valence-electron chi connectivity index (χ1n) is 20.0. The average molecular weight is 722 g/mol. The summed E-state index contributed by atoms with van der Waals surface area (Å²) in [4.78, 5) is 15.3. The molecule has 4 rings (SSSR count). The van der Waals surface area contributed by atoms with Gasteiger partial charge in [0.1, 0.15) is 11.9 Å². The maximum atomic E-state index is 15.2. The quantitative estimate of drug-likeness (QED) is 0.138. The summed E-state index contributed by atoms with van der Waals surface area (Å²) < 4.78 is 21.4. The first-order valence-corrected chi connectivity index (χ1v) is 20.0. The third-order valence-corrected chi connectivity index (χ3v) is 12.4. The molecule has 0 spiro atoms. The molecule has 1 saturated heterocycles. The number of nitriles is 1. The van der Waals surface area contributed by atoms with Crippen LogP contribution in [0.4, 0.5) is 9.18 Å². The van der Waals surface area contributed by atoms with Crippen molar-refractivity contribution in [2.24, 2.45) is 17.8 Å². The summed E-state index contributed by atoms with van der Waals surface area (Å²) in [7, 11) is 1.62. The highest BCUT2D eigenvalue weighted by molar-refractivity contribution is 5.67. The summed E-state index contributed by atoms with van der Waals surface area (Å²) in [5.41, 5.74) is 8.95. The highest BCUT2D eigenvalue weighted by atomic mass is 19.1. The number of likely N-dealkylation sites (tertiary alicyclic amines) is 1. The van der Waals surface area contributed by atoms with Crippen molar-refractivity contribution in [1.82, 2.24) is 10.2 Å². The number of nitrogens with zero attached hydrogens (tertiary/aromatic N) is 2. The molecule has 53 heavy (non-hydrogen) atoms. The highest BCUT2D eigenvalue weighted by Gasteiger charge is 2.52. The summed E-state index contributed by atoms with van der Waals surface area (Å²) in [5.74, 6) is 0.666. The molecule has 0 radical (unpaired) electrons. The van der Waals surface area contributed by atoms with E-state index >= 15 is 4.39 Å². The lowest BCUT2D eigenvalue weighted by Gasteiger charge is -2.50. The van der Waals surface area contributed by atoms with Gasteiger partial charge in [-0.15, -0.1) is 0 Å². The zero-order valence-electron chi connectivity index (χ0n) is 33.6. The molecule has 0 bridgehead atoms. The van der Waals surface area contributed by atoms with Gasteiger partial charge in [-0.05, 0) is 157 Å². The minimum absolute atomic E-state index is 0.0742. The molecular weight excluding hydrogens is 658 g/mol. The molecule has 2 fully saturated rings. The van der Waals surface area contributed by atoms with Gasteiger partial charge in [0.25, 0.3) is 0 Å². The number of piperidine rings is 1. The largest absolute Gasteiger partial charge is 0.446 e. The first-order chi connectivity index (χ1) is 25.4. The van der Waals surface area contributed by atoms with Crippen LogP contribution >= 0.6 is 0 Å². The second kappa shape index (κ2) is 19.9. The molecular formula is C47H64FN3O2. The average Bonchev–Trinajstić information content (AvgIpc) is 3.63. The standard InChI is InChI=1S/C47H64FN3O2/c1-9-35(5)37(7)36(6)27-33(3)21-24-47(42-13-11-14-43(48)30-42,44-15-12-16-45(44)53-46(52)50-8)41-22-25-51(26-23-41)32-38(10-2)28-34(4)29-39-17-19-40(31-49)20-18-39/h11,13-14,17-21,27,30,38,41,44-45H,4,9-10,12,15-16,22-26,28-29,32H2,1-3,5-8H3,(H,50,52)/b33-21-,36-27-,37-35+/t38?,44-,45-,47?/m0/s1. The fourth-order valence-electron chi connectivity index (χ4n) is 9.06. The van der Waals surface area contributed by atoms with E-state index < -0.39 is 11.5 Å². The van der Waals surface area contributed by atoms with Crippen LogP contribution < -0.4 is 5.32 Å². The molecule has 2 aromatic carbocycles. The van der Waals surface area contributed by atoms with Crippen LogP contribution in [0, 0.1) is 34.9 Å². The van der Waals surface area contributed by atoms with Gasteiger partial charge in [0.15, 0.2) is 0 Å². The molecule has 1 N–H and O–H groups in total. The van der Waals surface area contributed by atoms with Crippen molar-refractivity contribution in [3.8, 4) is 6.07 Å². The smallest absolute Gasteiger partial charge is 0.407 e. The van der Waals surface area contributed by atoms with Gasteiger partial charge in [-0.25, -0.2) is 9.18 Å². The van der Waals surface area contributed by atoms with Gasteiger partial charge in [-0.2, -0.15) is 5.26 Å². The summed E-state index contributed by atoms with van der Waals surface area (Å²) in [6, 6.07) is 17.3. The second-order valence-corrected chi connectivity index (χ2v) is 15.8. The third-order valence-electron chi connectivity index (χ3n) is 12.4. The molecule has 2 unspecified atom stereocenters. The lowest BCUT2D eigenvalue weighted by Crippen LogP contribution is -2.51. The number of allylic oxidation sites excluding steroid dienone is 7. The number of hydrogen-bond acceptors (Lipinski definition) is 4. The summed E-state index contributed by atoms with van der Waals surface area (Å²) in [6.45, 7) is 20.7. The molecule has 286 valence electrons. The third kappa shape index (κ3) is 11.0. The van der Waals surface area contributed by atoms with Gasteiger partial charge in [0.2, 0.25) is 0 Å². The normalized spacial score (nSPS) is 21.0. The Morgan fingerprint density at radius 3 is 2.43 bits per heavy atom. The predicted octanol–water partition coefficient (Wildman–Crippen LogP) is 11.4. The molecule has 2 aliphatic rings. The Kier molecular flexibility index (Phi) is 15.7. The van der Waals surface area contributed by atoms with Crippen molar-refractivity contribution < 1.29 is 13.9 Å². The zero-order chi connectivity index (χ0) is 38.5. The van der Waals surface area contributed by atoms with E-state index in [2.05, 4.69) is 82.6 Å². The van der Waals surface area contributed by atoms with Crippen LogP contribution in [0.3, 0.4) is 0 Å². The molecule has 4 atom stereocenters. The van der Waals surface area contributed by atoms with E-state index in [9.17, 15) is 4.79 Å². The molecule has 1 amide bonds. The van der Waals surface area contributed by atoms with E-state index in [-0.39, 0.29) is 17.8 Å². The zero-order valence-corrected chi connectivity index (χ0v) is 33.6. The van der Waals surface area contributed by atoms with Crippen LogP contribution in [0.15, 0.2) is 95.1 Å². The maximum Gasteiger partial charge on any atom is 0.407 e. The maximum absolute atomic E-state index is 15.2. The van der Waals surface area contributed by atoms with E-state index in [1.165, 1.54) is 33.4 Å². The van der Waals surface area contributed by atoms with E-state index in [4.69, 9.17) is 10.00 Å². The highest BCUT2D eigenvalue weighted by Crippen LogP contribution is 2.53. The number of nitrogens with one attached hydrogen (secondary N) is 1. The fourth-order valence-corrected chi connectivity index (χ4v) is 9.06. The van der Waals surface area contributed by atoms with Crippen LogP contribution in [-0.2, 0) is 16.6 Å². The van der Waals surface area contributed by atoms with Crippen molar-refractivity contribution in [2.75, 3.05) is 26.7 Å². The monoisotopic (exact) mass is 721 g/mol. The van der Waals surface area contributed by atoms with Crippen LogP contribution in [0.2, 0.25) is 0 Å². The van der Waals surface area contributed by atoms with Crippen molar-refractivity contribution in [2.45, 2.75) is 117 Å². The number of ether oxygens (including phenoxy) is 1. The predicted molar refractivity (Wildman–Crippen MR) is 217 cm³/mol.